The first kappa shape index (κ1) is 9.92. The van der Waals surface area contributed by atoms with E-state index in [1.807, 2.05) is 0 Å². The second-order valence-electron chi connectivity index (χ2n) is 2.52. The van der Waals surface area contributed by atoms with Crippen molar-refractivity contribution in [3.05, 3.63) is 0 Å². The smallest absolute Gasteiger partial charge is 0.0806 e. The van der Waals surface area contributed by atoms with E-state index in [2.05, 4.69) is 13.8 Å². The number of hydrogen-bond acceptors (Lipinski definition) is 2. The van der Waals surface area contributed by atoms with Gasteiger partial charge in [-0.25, -0.2) is 0 Å². The van der Waals surface area contributed by atoms with Gasteiger partial charge in [0.15, 0.2) is 0 Å². The average molecular weight is 146 g/mol. The highest BCUT2D eigenvalue weighted by Crippen LogP contribution is 2.09. The molecule has 0 bridgehead atoms. The van der Waals surface area contributed by atoms with Gasteiger partial charge in [-0.3, -0.25) is 0 Å². The maximum absolute atomic E-state index is 8.44. The largest absolute Gasteiger partial charge is 0.394 e. The van der Waals surface area contributed by atoms with Gasteiger partial charge in [-0.05, 0) is 12.8 Å². The molecule has 0 amide bonds. The highest BCUT2D eigenvalue weighted by atomic mass is 16.5. The van der Waals surface area contributed by atoms with Crippen LogP contribution in [-0.2, 0) is 4.74 Å². The molecule has 62 valence electrons. The normalized spacial score (nSPS) is 23.7. The Hall–Kier alpha value is -0.0800. The van der Waals surface area contributed by atoms with Crippen molar-refractivity contribution in [1.82, 2.24) is 0 Å². The minimum atomic E-state index is 0.153. The Bertz CT molecular complexity index is 58.3. The molecule has 0 aromatic heterocycles. The lowest BCUT2D eigenvalue weighted by molar-refractivity contribution is 0.0591. The molecule has 1 saturated heterocycles. The van der Waals surface area contributed by atoms with Gasteiger partial charge in [0, 0.05) is 6.61 Å². The molecule has 1 rings (SSSR count). The highest BCUT2D eigenvalue weighted by molar-refractivity contribution is 4.61. The second-order valence-corrected chi connectivity index (χ2v) is 2.52. The molecule has 1 aliphatic heterocycles. The quantitative estimate of drug-likeness (QED) is 0.608. The zero-order chi connectivity index (χ0) is 7.82. The average Bonchev–Trinajstić information content (AvgIpc) is 2.39. The van der Waals surface area contributed by atoms with Crippen LogP contribution in [0.5, 0.6) is 0 Å². The van der Waals surface area contributed by atoms with Crippen molar-refractivity contribution in [1.29, 1.82) is 0 Å². The Morgan fingerprint density at radius 2 is 2.10 bits per heavy atom. The summed E-state index contributed by atoms with van der Waals surface area (Å²) in [6.45, 7) is 5.28. The van der Waals surface area contributed by atoms with Crippen molar-refractivity contribution < 1.29 is 9.84 Å². The summed E-state index contributed by atoms with van der Waals surface area (Å²) in [5.41, 5.74) is 0. The van der Waals surface area contributed by atoms with E-state index in [0.717, 1.165) is 19.4 Å². The molecule has 1 N–H and O–H groups in total. The lowest BCUT2D eigenvalue weighted by atomic mass is 10.2. The molecule has 1 unspecified atom stereocenters. The van der Waals surface area contributed by atoms with Crippen LogP contribution in [0.25, 0.3) is 0 Å². The van der Waals surface area contributed by atoms with E-state index in [9.17, 15) is 0 Å². The van der Waals surface area contributed by atoms with Crippen molar-refractivity contribution >= 4 is 0 Å². The van der Waals surface area contributed by atoms with Gasteiger partial charge in [-0.15, -0.1) is 0 Å². The molecule has 2 heteroatoms. The van der Waals surface area contributed by atoms with Crippen LogP contribution in [-0.4, -0.2) is 24.4 Å². The Labute approximate surface area is 63.2 Å². The van der Waals surface area contributed by atoms with Gasteiger partial charge in [-0.2, -0.15) is 0 Å². The molecule has 1 aliphatic rings. The number of ether oxygens (including phenoxy) is 1. The number of hydrogen-bond donors (Lipinski definition) is 1. The van der Waals surface area contributed by atoms with Crippen molar-refractivity contribution in [3.63, 3.8) is 0 Å². The summed E-state index contributed by atoms with van der Waals surface area (Å²) in [5.74, 6) is 0. The van der Waals surface area contributed by atoms with Crippen LogP contribution < -0.4 is 0 Å². The van der Waals surface area contributed by atoms with E-state index >= 15 is 0 Å². The third-order valence-corrected chi connectivity index (χ3v) is 1.23. The van der Waals surface area contributed by atoms with Gasteiger partial charge in [-0.1, -0.05) is 20.3 Å². The maximum atomic E-state index is 8.44. The Balaban J connectivity index is 0.000000236. The summed E-state index contributed by atoms with van der Waals surface area (Å²) >= 11 is 0. The standard InChI is InChI=1S/C5H10O2.C3H8/c6-4-5-2-1-3-7-5;1-3-2/h5-6H,1-4H2;3H2,1-2H3. The summed E-state index contributed by atoms with van der Waals surface area (Å²) in [6.07, 6.45) is 3.56. The molecule has 0 spiro atoms. The first-order valence-corrected chi connectivity index (χ1v) is 4.07. The highest BCUT2D eigenvalue weighted by Gasteiger charge is 2.12. The van der Waals surface area contributed by atoms with Crippen LogP contribution in [0.4, 0.5) is 0 Å². The second kappa shape index (κ2) is 7.03. The third-order valence-electron chi connectivity index (χ3n) is 1.23. The number of aliphatic hydroxyl groups excluding tert-OH is 1. The minimum Gasteiger partial charge on any atom is -0.394 e. The first-order chi connectivity index (χ1) is 4.85. The maximum Gasteiger partial charge on any atom is 0.0806 e. The molecule has 0 aliphatic carbocycles. The predicted octanol–water partition coefficient (Wildman–Crippen LogP) is 1.57. The SMILES string of the molecule is CCC.OCC1CCCO1. The monoisotopic (exact) mass is 146 g/mol. The van der Waals surface area contributed by atoms with Crippen LogP contribution in [0.1, 0.15) is 33.1 Å². The van der Waals surface area contributed by atoms with Gasteiger partial charge in [0.1, 0.15) is 0 Å². The molecular formula is C8H18O2. The van der Waals surface area contributed by atoms with E-state index < -0.39 is 0 Å². The van der Waals surface area contributed by atoms with E-state index in [1.165, 1.54) is 6.42 Å². The zero-order valence-electron chi connectivity index (χ0n) is 6.97. The molecule has 0 aromatic rings. The van der Waals surface area contributed by atoms with Crippen molar-refractivity contribution in [3.8, 4) is 0 Å². The Morgan fingerprint density at radius 3 is 2.30 bits per heavy atom. The van der Waals surface area contributed by atoms with E-state index in [1.54, 1.807) is 0 Å². The fourth-order valence-corrected chi connectivity index (χ4v) is 0.788. The molecule has 0 aromatic carbocycles. The first-order valence-electron chi connectivity index (χ1n) is 4.07. The van der Waals surface area contributed by atoms with Crippen LogP contribution in [0, 0.1) is 0 Å². The predicted molar refractivity (Wildman–Crippen MR) is 42.0 cm³/mol. The van der Waals surface area contributed by atoms with E-state index in [-0.39, 0.29) is 12.7 Å². The fourth-order valence-electron chi connectivity index (χ4n) is 0.788. The lowest BCUT2D eigenvalue weighted by Crippen LogP contribution is -2.09. The molecule has 1 atom stereocenters. The van der Waals surface area contributed by atoms with E-state index in [0.29, 0.717) is 0 Å². The molecule has 2 nitrogen and oxygen atoms in total. The summed E-state index contributed by atoms with van der Waals surface area (Å²) < 4.78 is 5.05. The molecular weight excluding hydrogens is 128 g/mol. The molecule has 1 heterocycles. The summed E-state index contributed by atoms with van der Waals surface area (Å²) in [7, 11) is 0. The molecule has 10 heavy (non-hydrogen) atoms. The van der Waals surface area contributed by atoms with Gasteiger partial charge in [0.2, 0.25) is 0 Å². The summed E-state index contributed by atoms with van der Waals surface area (Å²) in [6, 6.07) is 0. The summed E-state index contributed by atoms with van der Waals surface area (Å²) in [4.78, 5) is 0. The molecule has 0 saturated carbocycles. The minimum absolute atomic E-state index is 0.153. The van der Waals surface area contributed by atoms with Crippen molar-refractivity contribution in [2.75, 3.05) is 13.2 Å². The number of rotatable bonds is 1. The Morgan fingerprint density at radius 1 is 1.50 bits per heavy atom. The third kappa shape index (κ3) is 4.77. The van der Waals surface area contributed by atoms with Crippen molar-refractivity contribution in [2.45, 2.75) is 39.2 Å². The zero-order valence-corrected chi connectivity index (χ0v) is 6.97. The summed E-state index contributed by atoms with van der Waals surface area (Å²) in [5, 5.41) is 8.44. The van der Waals surface area contributed by atoms with Crippen LogP contribution in [0.15, 0.2) is 0 Å². The van der Waals surface area contributed by atoms with Gasteiger partial charge in [0.05, 0.1) is 12.7 Å². The van der Waals surface area contributed by atoms with E-state index in [4.69, 9.17) is 9.84 Å². The van der Waals surface area contributed by atoms with Crippen LogP contribution >= 0.6 is 0 Å². The molecule has 1 fully saturated rings. The van der Waals surface area contributed by atoms with Gasteiger partial charge < -0.3 is 9.84 Å². The van der Waals surface area contributed by atoms with Crippen LogP contribution in [0.2, 0.25) is 0 Å². The Kier molecular flexibility index (Phi) is 6.98. The van der Waals surface area contributed by atoms with Crippen LogP contribution in [0.3, 0.4) is 0 Å². The lowest BCUT2D eigenvalue weighted by Gasteiger charge is -2.00. The number of aliphatic hydroxyl groups is 1. The molecule has 0 radical (unpaired) electrons. The fraction of sp³-hybridized carbons (Fsp3) is 1.00. The topological polar surface area (TPSA) is 29.5 Å². The van der Waals surface area contributed by atoms with Gasteiger partial charge >= 0.3 is 0 Å². The van der Waals surface area contributed by atoms with Gasteiger partial charge in [0.25, 0.3) is 0 Å². The van der Waals surface area contributed by atoms with Crippen molar-refractivity contribution in [2.24, 2.45) is 0 Å².